The number of benzene rings is 1. The molecule has 1 rings (SSSR count). The van der Waals surface area contributed by atoms with Crippen molar-refractivity contribution in [1.82, 2.24) is 5.48 Å². The molecule has 5 heteroatoms. The predicted octanol–water partition coefficient (Wildman–Crippen LogP) is 2.68. The summed E-state index contributed by atoms with van der Waals surface area (Å²) >= 11 is 3.60. The zero-order valence-corrected chi connectivity index (χ0v) is 12.2. The molecule has 0 radical (unpaired) electrons. The van der Waals surface area contributed by atoms with Gasteiger partial charge in [0.1, 0.15) is 0 Å². The van der Waals surface area contributed by atoms with Gasteiger partial charge in [-0.05, 0) is 18.1 Å². The van der Waals surface area contributed by atoms with Crippen LogP contribution < -0.4 is 15.0 Å². The van der Waals surface area contributed by atoms with E-state index in [1.54, 1.807) is 21.3 Å². The summed E-state index contributed by atoms with van der Waals surface area (Å²) in [7, 11) is 4.85. The quantitative estimate of drug-likeness (QED) is 0.820. The molecule has 0 amide bonds. The highest BCUT2D eigenvalue weighted by Gasteiger charge is 2.17. The highest BCUT2D eigenvalue weighted by Crippen LogP contribution is 2.38. The first-order valence-electron chi connectivity index (χ1n) is 5.37. The average molecular weight is 304 g/mol. The standard InChI is InChI=1S/C12H18BrNO3/c1-5-8-6-10(15-2)12(16-3)9(11(8)13)7-14-17-4/h6,14H,5,7H2,1-4H3. The molecule has 0 heterocycles. The molecule has 0 unspecified atom stereocenters. The molecule has 0 aliphatic heterocycles. The molecule has 0 aliphatic carbocycles. The van der Waals surface area contributed by atoms with Crippen molar-refractivity contribution in [3.05, 3.63) is 21.7 Å². The van der Waals surface area contributed by atoms with E-state index in [9.17, 15) is 0 Å². The van der Waals surface area contributed by atoms with E-state index in [2.05, 4.69) is 28.3 Å². The van der Waals surface area contributed by atoms with Gasteiger partial charge in [-0.1, -0.05) is 22.9 Å². The fraction of sp³-hybridized carbons (Fsp3) is 0.500. The topological polar surface area (TPSA) is 39.7 Å². The minimum Gasteiger partial charge on any atom is -0.493 e. The molecule has 0 saturated carbocycles. The Hall–Kier alpha value is -0.780. The summed E-state index contributed by atoms with van der Waals surface area (Å²) in [4.78, 5) is 4.88. The maximum absolute atomic E-state index is 5.39. The van der Waals surface area contributed by atoms with Crippen molar-refractivity contribution >= 4 is 15.9 Å². The van der Waals surface area contributed by atoms with Crippen molar-refractivity contribution < 1.29 is 14.3 Å². The highest BCUT2D eigenvalue weighted by molar-refractivity contribution is 9.10. The van der Waals surface area contributed by atoms with Gasteiger partial charge in [0.25, 0.3) is 0 Å². The summed E-state index contributed by atoms with van der Waals surface area (Å²) in [5.74, 6) is 1.46. The fourth-order valence-electron chi connectivity index (χ4n) is 1.66. The van der Waals surface area contributed by atoms with Crippen LogP contribution in [0.15, 0.2) is 10.5 Å². The van der Waals surface area contributed by atoms with Crippen molar-refractivity contribution in [2.45, 2.75) is 19.9 Å². The first kappa shape index (κ1) is 14.3. The van der Waals surface area contributed by atoms with Crippen LogP contribution in [0.4, 0.5) is 0 Å². The smallest absolute Gasteiger partial charge is 0.166 e. The van der Waals surface area contributed by atoms with Crippen LogP contribution >= 0.6 is 15.9 Å². The lowest BCUT2D eigenvalue weighted by atomic mass is 10.1. The van der Waals surface area contributed by atoms with Crippen LogP contribution in [0.1, 0.15) is 18.1 Å². The van der Waals surface area contributed by atoms with Gasteiger partial charge in [-0.2, -0.15) is 5.48 Å². The van der Waals surface area contributed by atoms with Gasteiger partial charge < -0.3 is 14.3 Å². The Kier molecular flexibility index (Phi) is 5.74. The number of rotatable bonds is 6. The van der Waals surface area contributed by atoms with Crippen LogP contribution in [-0.4, -0.2) is 21.3 Å². The van der Waals surface area contributed by atoms with E-state index in [-0.39, 0.29) is 0 Å². The Morgan fingerprint density at radius 1 is 1.24 bits per heavy atom. The Morgan fingerprint density at radius 2 is 1.94 bits per heavy atom. The maximum Gasteiger partial charge on any atom is 0.166 e. The SMILES string of the molecule is CCc1cc(OC)c(OC)c(CNOC)c1Br. The van der Waals surface area contributed by atoms with Crippen LogP contribution in [0.2, 0.25) is 0 Å². The lowest BCUT2D eigenvalue weighted by Crippen LogP contribution is -2.13. The van der Waals surface area contributed by atoms with E-state index in [0.29, 0.717) is 6.54 Å². The van der Waals surface area contributed by atoms with Gasteiger partial charge in [-0.25, -0.2) is 0 Å². The minimum absolute atomic E-state index is 0.546. The number of hydrogen-bond acceptors (Lipinski definition) is 4. The van der Waals surface area contributed by atoms with Gasteiger partial charge >= 0.3 is 0 Å². The number of hydroxylamine groups is 1. The molecule has 96 valence electrons. The number of aryl methyl sites for hydroxylation is 1. The van der Waals surface area contributed by atoms with Gasteiger partial charge in [0.15, 0.2) is 11.5 Å². The Morgan fingerprint density at radius 3 is 2.41 bits per heavy atom. The second kappa shape index (κ2) is 6.83. The molecule has 0 bridgehead atoms. The van der Waals surface area contributed by atoms with Crippen LogP contribution in [0.5, 0.6) is 11.5 Å². The van der Waals surface area contributed by atoms with Gasteiger partial charge in [0.2, 0.25) is 0 Å². The molecular weight excluding hydrogens is 286 g/mol. The summed E-state index contributed by atoms with van der Waals surface area (Å²) in [6.45, 7) is 2.64. The Labute approximate surface area is 110 Å². The molecule has 0 fully saturated rings. The van der Waals surface area contributed by atoms with Crippen LogP contribution in [0.3, 0.4) is 0 Å². The zero-order chi connectivity index (χ0) is 12.8. The maximum atomic E-state index is 5.39. The van der Waals surface area contributed by atoms with E-state index in [1.807, 2.05) is 6.07 Å². The second-order valence-corrected chi connectivity index (χ2v) is 4.24. The number of halogens is 1. The summed E-state index contributed by atoms with van der Waals surface area (Å²) < 4.78 is 11.8. The molecule has 0 aliphatic rings. The molecule has 0 spiro atoms. The van der Waals surface area contributed by atoms with E-state index >= 15 is 0 Å². The second-order valence-electron chi connectivity index (χ2n) is 3.44. The fourth-order valence-corrected chi connectivity index (χ4v) is 2.38. The zero-order valence-electron chi connectivity index (χ0n) is 10.6. The number of hydrogen-bond donors (Lipinski definition) is 1. The van der Waals surface area contributed by atoms with Gasteiger partial charge in [0.05, 0.1) is 27.9 Å². The Balaban J connectivity index is 3.28. The monoisotopic (exact) mass is 303 g/mol. The lowest BCUT2D eigenvalue weighted by molar-refractivity contribution is 0.0858. The molecule has 1 aromatic rings. The van der Waals surface area contributed by atoms with Crippen molar-refractivity contribution in [2.24, 2.45) is 0 Å². The normalized spacial score (nSPS) is 10.4. The van der Waals surface area contributed by atoms with E-state index in [0.717, 1.165) is 28.0 Å². The summed E-state index contributed by atoms with van der Waals surface area (Å²) in [6.07, 6.45) is 0.918. The van der Waals surface area contributed by atoms with Crippen LogP contribution in [0.25, 0.3) is 0 Å². The van der Waals surface area contributed by atoms with Gasteiger partial charge in [-0.15, -0.1) is 0 Å². The van der Waals surface area contributed by atoms with Gasteiger partial charge in [0, 0.05) is 10.0 Å². The molecule has 0 aromatic heterocycles. The van der Waals surface area contributed by atoms with Crippen LogP contribution in [0, 0.1) is 0 Å². The molecular formula is C12H18BrNO3. The summed E-state index contributed by atoms with van der Waals surface area (Å²) in [5.41, 5.74) is 4.98. The van der Waals surface area contributed by atoms with E-state index in [1.165, 1.54) is 5.56 Å². The average Bonchev–Trinajstić information content (AvgIpc) is 2.36. The first-order valence-corrected chi connectivity index (χ1v) is 6.16. The minimum atomic E-state index is 0.546. The molecule has 0 atom stereocenters. The molecule has 0 saturated heterocycles. The van der Waals surface area contributed by atoms with Crippen molar-refractivity contribution in [3.63, 3.8) is 0 Å². The molecule has 17 heavy (non-hydrogen) atoms. The van der Waals surface area contributed by atoms with Crippen molar-refractivity contribution in [2.75, 3.05) is 21.3 Å². The molecule has 1 N–H and O–H groups in total. The van der Waals surface area contributed by atoms with Gasteiger partial charge in [-0.3, -0.25) is 0 Å². The summed E-state index contributed by atoms with van der Waals surface area (Å²) in [6, 6.07) is 1.99. The third-order valence-electron chi connectivity index (χ3n) is 2.55. The molecule has 1 aromatic carbocycles. The van der Waals surface area contributed by atoms with Crippen molar-refractivity contribution in [1.29, 1.82) is 0 Å². The lowest BCUT2D eigenvalue weighted by Gasteiger charge is -2.17. The predicted molar refractivity (Wildman–Crippen MR) is 70.5 cm³/mol. The van der Waals surface area contributed by atoms with Crippen molar-refractivity contribution in [3.8, 4) is 11.5 Å². The number of methoxy groups -OCH3 is 2. The third-order valence-corrected chi connectivity index (χ3v) is 3.54. The Bertz CT molecular complexity index is 383. The third kappa shape index (κ3) is 3.12. The highest BCUT2D eigenvalue weighted by atomic mass is 79.9. The summed E-state index contributed by atoms with van der Waals surface area (Å²) in [5, 5.41) is 0. The molecule has 4 nitrogen and oxygen atoms in total. The first-order chi connectivity index (χ1) is 8.19. The number of nitrogens with one attached hydrogen (secondary N) is 1. The largest absolute Gasteiger partial charge is 0.493 e. The van der Waals surface area contributed by atoms with Crippen LogP contribution in [-0.2, 0) is 17.8 Å². The van der Waals surface area contributed by atoms with E-state index < -0.39 is 0 Å². The van der Waals surface area contributed by atoms with E-state index in [4.69, 9.17) is 14.3 Å². The number of ether oxygens (including phenoxy) is 2.